The molecule has 0 bridgehead atoms. The highest BCUT2D eigenvalue weighted by Gasteiger charge is 2.10. The molecule has 1 aromatic rings. The van der Waals surface area contributed by atoms with Crippen LogP contribution < -0.4 is 0 Å². The summed E-state index contributed by atoms with van der Waals surface area (Å²) in [6, 6.07) is 0. The number of carbonyl (C=O) groups excluding carboxylic acids is 1. The zero-order valence-corrected chi connectivity index (χ0v) is 7.21. The number of Topliss-reactive ketones (excluding diaryl/α,β-unsaturated/α-hetero) is 1. The van der Waals surface area contributed by atoms with E-state index in [0.717, 1.165) is 17.2 Å². The Hall–Kier alpha value is -0.410. The van der Waals surface area contributed by atoms with Crippen molar-refractivity contribution < 1.29 is 4.79 Å². The third kappa shape index (κ3) is 1.20. The predicted octanol–water partition coefficient (Wildman–Crippen LogP) is 2.31. The van der Waals surface area contributed by atoms with Gasteiger partial charge in [0.1, 0.15) is 4.88 Å². The summed E-state index contributed by atoms with van der Waals surface area (Å²) in [6.45, 7) is 3.27. The maximum Gasteiger partial charge on any atom is 0.172 e. The maximum absolute atomic E-state index is 10.8. The van der Waals surface area contributed by atoms with Crippen molar-refractivity contribution in [3.63, 3.8) is 0 Å². The summed E-state index contributed by atoms with van der Waals surface area (Å²) in [5.41, 5.74) is 0.733. The van der Waals surface area contributed by atoms with Crippen LogP contribution in [0.2, 0.25) is 5.02 Å². The molecule has 0 aliphatic rings. The number of hydrogen-bond acceptors (Lipinski definition) is 3. The van der Waals surface area contributed by atoms with E-state index in [4.69, 9.17) is 11.6 Å². The van der Waals surface area contributed by atoms with Gasteiger partial charge in [-0.3, -0.25) is 4.79 Å². The Bertz CT molecular complexity index is 269. The van der Waals surface area contributed by atoms with E-state index in [1.807, 2.05) is 0 Å². The number of ketones is 1. The Morgan fingerprint density at radius 1 is 1.70 bits per heavy atom. The van der Waals surface area contributed by atoms with E-state index in [1.54, 1.807) is 6.92 Å². The Balaban J connectivity index is 3.17. The van der Waals surface area contributed by atoms with Gasteiger partial charge in [-0.25, -0.2) is 0 Å². The highest BCUT2D eigenvalue weighted by atomic mass is 35.5. The van der Waals surface area contributed by atoms with E-state index in [1.165, 1.54) is 6.92 Å². The van der Waals surface area contributed by atoms with Crippen LogP contribution in [0.3, 0.4) is 0 Å². The molecule has 0 unspecified atom stereocenters. The molecule has 1 rings (SSSR count). The molecular formula is C6H6ClNOS. The standard InChI is InChI=1S/C6H6ClNOS/c1-3-5(7)6(4(2)9)10-8-3/h1-2H3. The fourth-order valence-electron chi connectivity index (χ4n) is 0.577. The van der Waals surface area contributed by atoms with Crippen molar-refractivity contribution >= 4 is 28.9 Å². The first-order valence-corrected chi connectivity index (χ1v) is 3.90. The van der Waals surface area contributed by atoms with E-state index < -0.39 is 0 Å². The van der Waals surface area contributed by atoms with Crippen LogP contribution in [0.15, 0.2) is 0 Å². The minimum Gasteiger partial charge on any atom is -0.293 e. The summed E-state index contributed by atoms with van der Waals surface area (Å²) in [5, 5.41) is 0.498. The highest BCUT2D eigenvalue weighted by Crippen LogP contribution is 2.23. The Labute approximate surface area is 68.0 Å². The highest BCUT2D eigenvalue weighted by molar-refractivity contribution is 7.08. The lowest BCUT2D eigenvalue weighted by molar-refractivity contribution is 0.102. The van der Waals surface area contributed by atoms with Gasteiger partial charge in [0.15, 0.2) is 5.78 Å². The Morgan fingerprint density at radius 3 is 2.50 bits per heavy atom. The van der Waals surface area contributed by atoms with Gasteiger partial charge in [0.05, 0.1) is 10.7 Å². The molecule has 54 valence electrons. The van der Waals surface area contributed by atoms with Crippen molar-refractivity contribution in [1.82, 2.24) is 4.37 Å². The SMILES string of the molecule is CC(=O)c1snc(C)c1Cl. The van der Waals surface area contributed by atoms with Gasteiger partial charge in [-0.05, 0) is 18.5 Å². The molecule has 0 fully saturated rings. The molecule has 10 heavy (non-hydrogen) atoms. The third-order valence-corrected chi connectivity index (χ3v) is 2.72. The summed E-state index contributed by atoms with van der Waals surface area (Å²) in [5.74, 6) is -0.0180. The van der Waals surface area contributed by atoms with Gasteiger partial charge in [0, 0.05) is 6.92 Å². The second-order valence-corrected chi connectivity index (χ2v) is 3.12. The van der Waals surface area contributed by atoms with E-state index in [9.17, 15) is 4.79 Å². The number of aromatic nitrogens is 1. The van der Waals surface area contributed by atoms with E-state index in [2.05, 4.69) is 4.37 Å². The fourth-order valence-corrected chi connectivity index (χ4v) is 1.58. The fraction of sp³-hybridized carbons (Fsp3) is 0.333. The molecule has 0 aromatic carbocycles. The van der Waals surface area contributed by atoms with Crippen LogP contribution in [-0.2, 0) is 0 Å². The van der Waals surface area contributed by atoms with Crippen molar-refractivity contribution in [1.29, 1.82) is 0 Å². The lowest BCUT2D eigenvalue weighted by Gasteiger charge is -1.86. The number of nitrogens with zero attached hydrogens (tertiary/aromatic N) is 1. The summed E-state index contributed by atoms with van der Waals surface area (Å²) < 4.78 is 3.93. The Morgan fingerprint density at radius 2 is 2.30 bits per heavy atom. The first-order chi connectivity index (χ1) is 4.63. The second-order valence-electron chi connectivity index (χ2n) is 1.97. The number of halogens is 1. The minimum absolute atomic E-state index is 0.0180. The molecule has 0 aliphatic carbocycles. The van der Waals surface area contributed by atoms with Gasteiger partial charge in [0.2, 0.25) is 0 Å². The topological polar surface area (TPSA) is 30.0 Å². The summed E-state index contributed by atoms with van der Waals surface area (Å²) in [6.07, 6.45) is 0. The molecular weight excluding hydrogens is 170 g/mol. The molecule has 0 N–H and O–H groups in total. The molecule has 0 saturated carbocycles. The van der Waals surface area contributed by atoms with Gasteiger partial charge < -0.3 is 0 Å². The first kappa shape index (κ1) is 7.69. The zero-order valence-electron chi connectivity index (χ0n) is 5.64. The monoisotopic (exact) mass is 175 g/mol. The molecule has 0 saturated heterocycles. The lowest BCUT2D eigenvalue weighted by Crippen LogP contribution is -1.86. The van der Waals surface area contributed by atoms with Crippen LogP contribution in [0.4, 0.5) is 0 Å². The Kier molecular flexibility index (Phi) is 2.06. The van der Waals surface area contributed by atoms with Crippen LogP contribution in [0, 0.1) is 6.92 Å². The van der Waals surface area contributed by atoms with E-state index >= 15 is 0 Å². The van der Waals surface area contributed by atoms with Crippen molar-refractivity contribution in [2.45, 2.75) is 13.8 Å². The summed E-state index contributed by atoms with van der Waals surface area (Å²) >= 11 is 6.88. The molecule has 1 heterocycles. The van der Waals surface area contributed by atoms with Gasteiger partial charge >= 0.3 is 0 Å². The maximum atomic E-state index is 10.8. The molecule has 0 radical (unpaired) electrons. The van der Waals surface area contributed by atoms with Gasteiger partial charge in [-0.1, -0.05) is 11.6 Å². The zero-order chi connectivity index (χ0) is 7.72. The van der Waals surface area contributed by atoms with Crippen molar-refractivity contribution in [2.75, 3.05) is 0 Å². The minimum atomic E-state index is -0.0180. The molecule has 4 heteroatoms. The van der Waals surface area contributed by atoms with Gasteiger partial charge in [-0.2, -0.15) is 4.37 Å². The number of hydrogen-bond donors (Lipinski definition) is 0. The quantitative estimate of drug-likeness (QED) is 0.614. The number of carbonyl (C=O) groups is 1. The van der Waals surface area contributed by atoms with Crippen molar-refractivity contribution in [2.24, 2.45) is 0 Å². The molecule has 2 nitrogen and oxygen atoms in total. The molecule has 1 aromatic heterocycles. The second kappa shape index (κ2) is 2.68. The average molecular weight is 176 g/mol. The van der Waals surface area contributed by atoms with Crippen LogP contribution >= 0.6 is 23.1 Å². The molecule has 0 aliphatic heterocycles. The normalized spacial score (nSPS) is 9.90. The van der Waals surface area contributed by atoms with Crippen LogP contribution in [0.5, 0.6) is 0 Å². The van der Waals surface area contributed by atoms with Crippen LogP contribution in [-0.4, -0.2) is 10.2 Å². The molecule has 0 spiro atoms. The van der Waals surface area contributed by atoms with Gasteiger partial charge in [0.25, 0.3) is 0 Å². The smallest absolute Gasteiger partial charge is 0.172 e. The van der Waals surface area contributed by atoms with Crippen molar-refractivity contribution in [3.8, 4) is 0 Å². The number of rotatable bonds is 1. The summed E-state index contributed by atoms with van der Waals surface area (Å²) in [4.78, 5) is 11.3. The number of aryl methyl sites for hydroxylation is 1. The molecule has 0 atom stereocenters. The van der Waals surface area contributed by atoms with E-state index in [0.29, 0.717) is 9.90 Å². The average Bonchev–Trinajstić information content (AvgIpc) is 2.14. The first-order valence-electron chi connectivity index (χ1n) is 2.75. The third-order valence-electron chi connectivity index (χ3n) is 1.11. The molecule has 0 amide bonds. The van der Waals surface area contributed by atoms with Crippen LogP contribution in [0.25, 0.3) is 0 Å². The lowest BCUT2D eigenvalue weighted by atomic mass is 10.3. The van der Waals surface area contributed by atoms with E-state index in [-0.39, 0.29) is 5.78 Å². The summed E-state index contributed by atoms with van der Waals surface area (Å²) in [7, 11) is 0. The van der Waals surface area contributed by atoms with Crippen LogP contribution in [0.1, 0.15) is 22.3 Å². The largest absolute Gasteiger partial charge is 0.293 e. The predicted molar refractivity (Wildman–Crippen MR) is 41.9 cm³/mol. The van der Waals surface area contributed by atoms with Crippen molar-refractivity contribution in [3.05, 3.63) is 15.6 Å². The van der Waals surface area contributed by atoms with Gasteiger partial charge in [-0.15, -0.1) is 0 Å².